The van der Waals surface area contributed by atoms with Crippen LogP contribution in [0.25, 0.3) is 0 Å². The number of rotatable bonds is 5. The molecule has 0 aliphatic carbocycles. The van der Waals surface area contributed by atoms with Crippen molar-refractivity contribution in [2.45, 2.75) is 39.5 Å². The lowest BCUT2D eigenvalue weighted by Crippen LogP contribution is -2.55. The van der Waals surface area contributed by atoms with E-state index < -0.39 is 5.66 Å². The van der Waals surface area contributed by atoms with E-state index in [1.54, 1.807) is 5.06 Å². The summed E-state index contributed by atoms with van der Waals surface area (Å²) < 4.78 is 0. The molecule has 122 valence electrons. The lowest BCUT2D eigenvalue weighted by atomic mass is 9.99. The molecule has 0 saturated carbocycles. The molecule has 0 spiro atoms. The third-order valence-corrected chi connectivity index (χ3v) is 3.23. The van der Waals surface area contributed by atoms with Crippen LogP contribution in [0.15, 0.2) is 40.3 Å². The SMILES string of the molecule is CC(C)CC1(C)N=C(N)N=C(N)N1OCc1ccccc1.Cl. The Morgan fingerprint density at radius 2 is 1.86 bits per heavy atom. The highest BCUT2D eigenvalue weighted by Crippen LogP contribution is 2.28. The zero-order chi connectivity index (χ0) is 15.5. The number of nitrogens with zero attached hydrogens (tertiary/aromatic N) is 3. The molecule has 1 aromatic carbocycles. The van der Waals surface area contributed by atoms with Crippen LogP contribution in [0.5, 0.6) is 0 Å². The van der Waals surface area contributed by atoms with Crippen LogP contribution in [0.4, 0.5) is 0 Å². The first-order valence-electron chi connectivity index (χ1n) is 7.07. The zero-order valence-electron chi connectivity index (χ0n) is 13.2. The molecular weight excluding hydrogens is 302 g/mol. The van der Waals surface area contributed by atoms with Crippen LogP contribution < -0.4 is 11.5 Å². The first kappa shape index (κ1) is 18.3. The Morgan fingerprint density at radius 3 is 2.45 bits per heavy atom. The van der Waals surface area contributed by atoms with Gasteiger partial charge in [0.15, 0.2) is 5.66 Å². The summed E-state index contributed by atoms with van der Waals surface area (Å²) in [5.41, 5.74) is 12.1. The Balaban J connectivity index is 0.00000242. The van der Waals surface area contributed by atoms with E-state index >= 15 is 0 Å². The molecule has 0 bridgehead atoms. The number of guanidine groups is 2. The van der Waals surface area contributed by atoms with E-state index in [2.05, 4.69) is 23.8 Å². The minimum Gasteiger partial charge on any atom is -0.368 e. The summed E-state index contributed by atoms with van der Waals surface area (Å²) in [6.07, 6.45) is 0.763. The second-order valence-electron chi connectivity index (χ2n) is 5.81. The van der Waals surface area contributed by atoms with E-state index in [0.717, 1.165) is 12.0 Å². The topological polar surface area (TPSA) is 89.2 Å². The summed E-state index contributed by atoms with van der Waals surface area (Å²) in [7, 11) is 0. The molecule has 1 aromatic rings. The van der Waals surface area contributed by atoms with Crippen molar-refractivity contribution in [1.82, 2.24) is 5.06 Å². The normalized spacial score (nSPS) is 21.2. The van der Waals surface area contributed by atoms with Crippen molar-refractivity contribution in [3.05, 3.63) is 35.9 Å². The minimum atomic E-state index is -0.640. The summed E-state index contributed by atoms with van der Waals surface area (Å²) >= 11 is 0. The van der Waals surface area contributed by atoms with Gasteiger partial charge in [-0.05, 0) is 24.8 Å². The maximum Gasteiger partial charge on any atom is 0.226 e. The molecule has 0 saturated heterocycles. The summed E-state index contributed by atoms with van der Waals surface area (Å²) in [6, 6.07) is 9.89. The van der Waals surface area contributed by atoms with Gasteiger partial charge in [0.25, 0.3) is 0 Å². The Kier molecular flexibility index (Phi) is 6.20. The molecule has 7 heteroatoms. The van der Waals surface area contributed by atoms with Crippen LogP contribution >= 0.6 is 12.4 Å². The lowest BCUT2D eigenvalue weighted by Gasteiger charge is -2.40. The maximum absolute atomic E-state index is 5.97. The number of hydroxylamine groups is 2. The van der Waals surface area contributed by atoms with Crippen LogP contribution in [0, 0.1) is 5.92 Å². The van der Waals surface area contributed by atoms with Crippen molar-refractivity contribution < 1.29 is 4.84 Å². The maximum atomic E-state index is 5.97. The number of hydrogen-bond acceptors (Lipinski definition) is 6. The summed E-state index contributed by atoms with van der Waals surface area (Å²) in [5, 5.41) is 1.57. The Labute approximate surface area is 137 Å². The average Bonchev–Trinajstić information content (AvgIpc) is 2.37. The highest BCUT2D eigenvalue weighted by atomic mass is 35.5. The molecule has 1 aliphatic heterocycles. The molecule has 22 heavy (non-hydrogen) atoms. The van der Waals surface area contributed by atoms with Crippen LogP contribution in [0.1, 0.15) is 32.8 Å². The van der Waals surface area contributed by atoms with Crippen LogP contribution in [-0.4, -0.2) is 22.6 Å². The van der Waals surface area contributed by atoms with E-state index in [1.165, 1.54) is 0 Å². The van der Waals surface area contributed by atoms with Crippen LogP contribution in [0.3, 0.4) is 0 Å². The molecule has 2 rings (SSSR count). The number of halogens is 1. The van der Waals surface area contributed by atoms with E-state index in [4.69, 9.17) is 16.3 Å². The standard InChI is InChI=1S/C15H23N5O.ClH/c1-11(2)9-15(3)19-13(16)18-14(17)20(15)21-10-12-7-5-4-6-8-12;/h4-8,11H,9-10H2,1-3H3,(H4,16,17,18,19);1H. The first-order chi connectivity index (χ1) is 9.90. The van der Waals surface area contributed by atoms with Crippen molar-refractivity contribution >= 4 is 24.3 Å². The fourth-order valence-electron chi connectivity index (χ4n) is 2.55. The largest absolute Gasteiger partial charge is 0.368 e. The zero-order valence-corrected chi connectivity index (χ0v) is 14.0. The first-order valence-corrected chi connectivity index (χ1v) is 7.07. The fourth-order valence-corrected chi connectivity index (χ4v) is 2.55. The second-order valence-corrected chi connectivity index (χ2v) is 5.81. The Bertz CT molecular complexity index is 546. The highest BCUT2D eigenvalue weighted by Gasteiger charge is 2.38. The second kappa shape index (κ2) is 7.47. The molecule has 1 atom stereocenters. The van der Waals surface area contributed by atoms with Gasteiger partial charge in [-0.2, -0.15) is 10.1 Å². The van der Waals surface area contributed by atoms with Crippen molar-refractivity contribution in [2.24, 2.45) is 27.4 Å². The van der Waals surface area contributed by atoms with Gasteiger partial charge in [-0.25, -0.2) is 4.99 Å². The predicted molar refractivity (Wildman–Crippen MR) is 91.4 cm³/mol. The number of nitrogens with two attached hydrogens (primary N) is 2. The number of benzene rings is 1. The van der Waals surface area contributed by atoms with E-state index in [-0.39, 0.29) is 24.3 Å². The number of hydrogen-bond donors (Lipinski definition) is 2. The quantitative estimate of drug-likeness (QED) is 0.868. The molecule has 6 nitrogen and oxygen atoms in total. The monoisotopic (exact) mass is 325 g/mol. The van der Waals surface area contributed by atoms with Crippen molar-refractivity contribution in [2.75, 3.05) is 0 Å². The van der Waals surface area contributed by atoms with E-state index in [0.29, 0.717) is 12.5 Å². The van der Waals surface area contributed by atoms with Gasteiger partial charge in [0.2, 0.25) is 11.9 Å². The van der Waals surface area contributed by atoms with Gasteiger partial charge in [0.1, 0.15) is 6.61 Å². The molecule has 1 heterocycles. The number of aliphatic imine (C=N–C) groups is 2. The molecule has 0 aromatic heterocycles. The van der Waals surface area contributed by atoms with Crippen LogP contribution in [0.2, 0.25) is 0 Å². The van der Waals surface area contributed by atoms with Gasteiger partial charge in [-0.3, -0.25) is 4.84 Å². The lowest BCUT2D eigenvalue weighted by molar-refractivity contribution is -0.176. The molecular formula is C15H24ClN5O. The van der Waals surface area contributed by atoms with Gasteiger partial charge in [-0.1, -0.05) is 44.2 Å². The molecule has 1 aliphatic rings. The van der Waals surface area contributed by atoms with Gasteiger partial charge in [0.05, 0.1) is 0 Å². The summed E-state index contributed by atoms with van der Waals surface area (Å²) in [5.74, 6) is 0.845. The fraction of sp³-hybridized carbons (Fsp3) is 0.467. The predicted octanol–water partition coefficient (Wildman–Crippen LogP) is 2.25. The van der Waals surface area contributed by atoms with Gasteiger partial charge in [0, 0.05) is 0 Å². The van der Waals surface area contributed by atoms with Crippen LogP contribution in [-0.2, 0) is 11.4 Å². The molecule has 0 fully saturated rings. The van der Waals surface area contributed by atoms with Gasteiger partial charge < -0.3 is 11.5 Å². The third-order valence-electron chi connectivity index (χ3n) is 3.23. The third kappa shape index (κ3) is 4.35. The smallest absolute Gasteiger partial charge is 0.226 e. The van der Waals surface area contributed by atoms with Crippen molar-refractivity contribution in [3.63, 3.8) is 0 Å². The summed E-state index contributed by atoms with van der Waals surface area (Å²) in [4.78, 5) is 14.3. The van der Waals surface area contributed by atoms with E-state index in [1.807, 2.05) is 37.3 Å². The molecule has 1 unspecified atom stereocenters. The summed E-state index contributed by atoms with van der Waals surface area (Å²) in [6.45, 7) is 6.59. The Morgan fingerprint density at radius 1 is 1.23 bits per heavy atom. The molecule has 0 radical (unpaired) electrons. The van der Waals surface area contributed by atoms with Gasteiger partial charge in [-0.15, -0.1) is 12.4 Å². The molecule has 4 N–H and O–H groups in total. The van der Waals surface area contributed by atoms with Crippen molar-refractivity contribution in [1.29, 1.82) is 0 Å². The van der Waals surface area contributed by atoms with E-state index in [9.17, 15) is 0 Å². The Hall–Kier alpha value is -1.79. The van der Waals surface area contributed by atoms with Crippen molar-refractivity contribution in [3.8, 4) is 0 Å². The van der Waals surface area contributed by atoms with Gasteiger partial charge >= 0.3 is 0 Å². The highest BCUT2D eigenvalue weighted by molar-refractivity contribution is 5.95. The average molecular weight is 326 g/mol. The minimum absolute atomic E-state index is 0. The molecule has 0 amide bonds.